The van der Waals surface area contributed by atoms with E-state index in [0.29, 0.717) is 0 Å². The van der Waals surface area contributed by atoms with Gasteiger partial charge in [0.1, 0.15) is 6.54 Å². The van der Waals surface area contributed by atoms with Crippen LogP contribution in [0.2, 0.25) is 0 Å². The Kier molecular flexibility index (Phi) is 9.32. The maximum atomic E-state index is 3.49. The Balaban J connectivity index is 1.50. The maximum absolute atomic E-state index is 3.49. The number of pyridine rings is 1. The minimum absolute atomic E-state index is 1.15. The van der Waals surface area contributed by atoms with Crippen LogP contribution >= 0.6 is 15.9 Å². The van der Waals surface area contributed by atoms with Crippen molar-refractivity contribution < 1.29 is 4.57 Å². The molecular formula is C21H31BrN+. The van der Waals surface area contributed by atoms with Gasteiger partial charge in [0.15, 0.2) is 12.4 Å². The molecule has 0 aliphatic carbocycles. The summed E-state index contributed by atoms with van der Waals surface area (Å²) < 4.78 is 2.34. The smallest absolute Gasteiger partial charge is 0.176 e. The van der Waals surface area contributed by atoms with Gasteiger partial charge in [-0.2, -0.15) is 0 Å². The van der Waals surface area contributed by atoms with Crippen molar-refractivity contribution in [2.75, 3.05) is 5.33 Å². The highest BCUT2D eigenvalue weighted by molar-refractivity contribution is 9.09. The quantitative estimate of drug-likeness (QED) is 0.228. The van der Waals surface area contributed by atoms with E-state index in [1.54, 1.807) is 0 Å². The minimum Gasteiger partial charge on any atom is -0.205 e. The van der Waals surface area contributed by atoms with Gasteiger partial charge in [0.25, 0.3) is 0 Å². The zero-order valence-electron chi connectivity index (χ0n) is 14.4. The molecule has 0 radical (unpaired) electrons. The van der Waals surface area contributed by atoms with E-state index in [-0.39, 0.29) is 0 Å². The molecule has 0 saturated carbocycles. The lowest BCUT2D eigenvalue weighted by Gasteiger charge is -2.02. The van der Waals surface area contributed by atoms with Gasteiger partial charge in [-0.15, -0.1) is 0 Å². The number of halogens is 1. The zero-order valence-corrected chi connectivity index (χ0v) is 15.9. The van der Waals surface area contributed by atoms with Crippen molar-refractivity contribution in [3.63, 3.8) is 0 Å². The molecule has 0 spiro atoms. The van der Waals surface area contributed by atoms with Crippen molar-refractivity contribution in [1.82, 2.24) is 0 Å². The van der Waals surface area contributed by atoms with E-state index in [0.717, 1.165) is 6.54 Å². The predicted molar refractivity (Wildman–Crippen MR) is 104 cm³/mol. The Morgan fingerprint density at radius 2 is 1.22 bits per heavy atom. The monoisotopic (exact) mass is 376 g/mol. The summed E-state index contributed by atoms with van der Waals surface area (Å²) in [6, 6.07) is 10.8. The summed E-state index contributed by atoms with van der Waals surface area (Å²) in [5.74, 6) is 0. The highest BCUT2D eigenvalue weighted by Crippen LogP contribution is 2.12. The molecule has 2 heteroatoms. The first kappa shape index (κ1) is 18.4. The molecule has 0 saturated heterocycles. The first-order valence-corrected chi connectivity index (χ1v) is 10.5. The summed E-state index contributed by atoms with van der Waals surface area (Å²) in [5.41, 5.74) is 0. The molecule has 0 aliphatic heterocycles. The van der Waals surface area contributed by atoms with E-state index in [4.69, 9.17) is 0 Å². The topological polar surface area (TPSA) is 3.88 Å². The molecule has 0 atom stereocenters. The third kappa shape index (κ3) is 7.48. The normalized spacial score (nSPS) is 11.2. The number of nitrogens with zero attached hydrogens (tertiary/aromatic N) is 1. The predicted octanol–water partition coefficient (Wildman–Crippen LogP) is 6.42. The average molecular weight is 377 g/mol. The number of aromatic nitrogens is 1. The van der Waals surface area contributed by atoms with Gasteiger partial charge in [0.05, 0.1) is 0 Å². The summed E-state index contributed by atoms with van der Waals surface area (Å²) in [6.07, 6.45) is 18.4. The van der Waals surface area contributed by atoms with E-state index in [1.807, 2.05) is 0 Å². The van der Waals surface area contributed by atoms with Crippen LogP contribution in [0.5, 0.6) is 0 Å². The van der Waals surface area contributed by atoms with Crippen molar-refractivity contribution >= 4 is 26.7 Å². The molecule has 0 N–H and O–H groups in total. The van der Waals surface area contributed by atoms with Crippen LogP contribution in [0.3, 0.4) is 0 Å². The molecular weight excluding hydrogens is 346 g/mol. The van der Waals surface area contributed by atoms with Gasteiger partial charge < -0.3 is 0 Å². The molecule has 126 valence electrons. The number of fused-ring (bicyclic) bond motifs is 1. The third-order valence-electron chi connectivity index (χ3n) is 4.55. The molecule has 1 aromatic heterocycles. The first-order valence-electron chi connectivity index (χ1n) is 9.34. The summed E-state index contributed by atoms with van der Waals surface area (Å²) in [4.78, 5) is 0. The number of unbranched alkanes of at least 4 members (excludes halogenated alkanes) is 9. The number of alkyl halides is 1. The van der Waals surface area contributed by atoms with E-state index in [9.17, 15) is 0 Å². The standard InChI is InChI=1S/C21H31BrN/c22-16-11-7-5-3-1-2-4-6-8-12-17-23-18-15-20-13-9-10-14-21(20)19-23/h9-10,13-15,18-19H,1-8,11-12,16-17H2/q+1. The SMILES string of the molecule is BrCCCCCCCCCCCC[n+]1ccc2ccccc2c1. The molecule has 2 aromatic rings. The number of rotatable bonds is 12. The number of aryl methyl sites for hydroxylation is 1. The van der Waals surface area contributed by atoms with Gasteiger partial charge in [-0.1, -0.05) is 79.1 Å². The van der Waals surface area contributed by atoms with E-state index in [1.165, 1.54) is 80.3 Å². The van der Waals surface area contributed by atoms with E-state index < -0.39 is 0 Å². The fraction of sp³-hybridized carbons (Fsp3) is 0.571. The molecule has 2 rings (SSSR count). The van der Waals surface area contributed by atoms with Crippen LogP contribution in [0, 0.1) is 0 Å². The Morgan fingerprint density at radius 3 is 1.87 bits per heavy atom. The summed E-state index contributed by atoms with van der Waals surface area (Å²) in [6.45, 7) is 1.15. The first-order chi connectivity index (χ1) is 11.4. The van der Waals surface area contributed by atoms with Gasteiger partial charge in [-0.3, -0.25) is 0 Å². The highest BCUT2D eigenvalue weighted by Gasteiger charge is 2.02. The van der Waals surface area contributed by atoms with Gasteiger partial charge in [0.2, 0.25) is 0 Å². The fourth-order valence-electron chi connectivity index (χ4n) is 3.12. The fourth-order valence-corrected chi connectivity index (χ4v) is 3.52. The van der Waals surface area contributed by atoms with E-state index in [2.05, 4.69) is 63.2 Å². The van der Waals surface area contributed by atoms with Crippen molar-refractivity contribution in [3.05, 3.63) is 42.7 Å². The molecule has 0 fully saturated rings. The number of hydrogen-bond acceptors (Lipinski definition) is 0. The van der Waals surface area contributed by atoms with Gasteiger partial charge in [-0.05, 0) is 24.3 Å². The zero-order chi connectivity index (χ0) is 16.2. The second kappa shape index (κ2) is 11.6. The van der Waals surface area contributed by atoms with E-state index >= 15 is 0 Å². The van der Waals surface area contributed by atoms with Crippen LogP contribution in [0.1, 0.15) is 64.2 Å². The molecule has 23 heavy (non-hydrogen) atoms. The summed E-state index contributed by atoms with van der Waals surface area (Å²) >= 11 is 3.49. The number of hydrogen-bond donors (Lipinski definition) is 0. The van der Waals surface area contributed by atoms with Gasteiger partial charge in [-0.25, -0.2) is 4.57 Å². The lowest BCUT2D eigenvalue weighted by atomic mass is 10.1. The summed E-state index contributed by atoms with van der Waals surface area (Å²) in [7, 11) is 0. The van der Waals surface area contributed by atoms with Gasteiger partial charge in [0, 0.05) is 23.2 Å². The Labute approximate surface area is 150 Å². The molecule has 1 heterocycles. The molecule has 1 aromatic carbocycles. The second-order valence-electron chi connectivity index (χ2n) is 6.54. The molecule has 0 amide bonds. The summed E-state index contributed by atoms with van der Waals surface area (Å²) in [5, 5.41) is 3.84. The Morgan fingerprint density at radius 1 is 0.652 bits per heavy atom. The lowest BCUT2D eigenvalue weighted by Crippen LogP contribution is -2.32. The van der Waals surface area contributed by atoms with Crippen molar-refractivity contribution in [2.45, 2.75) is 70.8 Å². The highest BCUT2D eigenvalue weighted by atomic mass is 79.9. The van der Waals surface area contributed by atoms with Crippen LogP contribution in [0.25, 0.3) is 10.8 Å². The van der Waals surface area contributed by atoms with Crippen LogP contribution in [0.4, 0.5) is 0 Å². The van der Waals surface area contributed by atoms with Crippen LogP contribution in [-0.2, 0) is 6.54 Å². The molecule has 1 nitrogen and oxygen atoms in total. The van der Waals surface area contributed by atoms with Crippen molar-refractivity contribution in [3.8, 4) is 0 Å². The van der Waals surface area contributed by atoms with Gasteiger partial charge >= 0.3 is 0 Å². The van der Waals surface area contributed by atoms with Crippen LogP contribution in [-0.4, -0.2) is 5.33 Å². The third-order valence-corrected chi connectivity index (χ3v) is 5.11. The number of benzene rings is 1. The van der Waals surface area contributed by atoms with Crippen molar-refractivity contribution in [2.24, 2.45) is 0 Å². The molecule has 0 aliphatic rings. The lowest BCUT2D eigenvalue weighted by molar-refractivity contribution is -0.696. The minimum atomic E-state index is 1.15. The second-order valence-corrected chi connectivity index (χ2v) is 7.33. The van der Waals surface area contributed by atoms with Crippen LogP contribution < -0.4 is 4.57 Å². The molecule has 0 unspecified atom stereocenters. The maximum Gasteiger partial charge on any atom is 0.176 e. The Bertz CT molecular complexity index is 552. The average Bonchev–Trinajstić information content (AvgIpc) is 2.59. The van der Waals surface area contributed by atoms with Crippen LogP contribution in [0.15, 0.2) is 42.7 Å². The molecule has 0 bridgehead atoms. The Hall–Kier alpha value is -0.890. The largest absolute Gasteiger partial charge is 0.205 e. The van der Waals surface area contributed by atoms with Crippen molar-refractivity contribution in [1.29, 1.82) is 0 Å².